The maximum Gasteiger partial charge on any atom is 0.295 e. The second-order valence-corrected chi connectivity index (χ2v) is 6.42. The van der Waals surface area contributed by atoms with Crippen molar-refractivity contribution < 1.29 is 29.5 Å². The smallest absolute Gasteiger partial charge is 0.295 e. The first-order valence-electron chi connectivity index (χ1n) is 9.07. The van der Waals surface area contributed by atoms with Crippen molar-refractivity contribution in [2.75, 3.05) is 26.4 Å². The maximum atomic E-state index is 12.8. The van der Waals surface area contributed by atoms with Gasteiger partial charge in [0.1, 0.15) is 5.76 Å². The van der Waals surface area contributed by atoms with Gasteiger partial charge in [-0.05, 0) is 23.8 Å². The molecule has 0 spiro atoms. The number of ether oxygens (including phenoxy) is 1. The Kier molecular flexibility index (Phi) is 6.50. The number of aromatic nitrogens is 1. The van der Waals surface area contributed by atoms with E-state index in [9.17, 15) is 24.8 Å². The number of hydrogen-bond acceptors (Lipinski definition) is 8. The molecule has 2 aromatic rings. The first kappa shape index (κ1) is 21.1. The van der Waals surface area contributed by atoms with Crippen LogP contribution < -0.4 is 0 Å². The van der Waals surface area contributed by atoms with Gasteiger partial charge in [0.05, 0.1) is 36.4 Å². The fourth-order valence-electron chi connectivity index (χ4n) is 3.22. The van der Waals surface area contributed by atoms with Gasteiger partial charge in [0.15, 0.2) is 0 Å². The van der Waals surface area contributed by atoms with Crippen molar-refractivity contribution in [2.24, 2.45) is 0 Å². The van der Waals surface area contributed by atoms with Gasteiger partial charge < -0.3 is 19.8 Å². The van der Waals surface area contributed by atoms with Crippen molar-refractivity contribution >= 4 is 23.1 Å². The molecule has 2 heterocycles. The molecular formula is C20H19N3O7. The summed E-state index contributed by atoms with van der Waals surface area (Å²) in [4.78, 5) is 41.0. The van der Waals surface area contributed by atoms with Crippen molar-refractivity contribution in [2.45, 2.75) is 6.04 Å². The number of aliphatic hydroxyl groups excluding tert-OH is 2. The summed E-state index contributed by atoms with van der Waals surface area (Å²) < 4.78 is 5.22. The van der Waals surface area contributed by atoms with E-state index in [1.54, 1.807) is 12.1 Å². The molecule has 1 aromatic heterocycles. The van der Waals surface area contributed by atoms with Gasteiger partial charge in [-0.3, -0.25) is 24.7 Å². The van der Waals surface area contributed by atoms with Gasteiger partial charge in [-0.15, -0.1) is 0 Å². The van der Waals surface area contributed by atoms with Crippen LogP contribution in [0.3, 0.4) is 0 Å². The number of carbonyl (C=O) groups is 2. The zero-order valence-electron chi connectivity index (χ0n) is 15.8. The van der Waals surface area contributed by atoms with Gasteiger partial charge >= 0.3 is 0 Å². The molecule has 3 rings (SSSR count). The Morgan fingerprint density at radius 2 is 1.93 bits per heavy atom. The van der Waals surface area contributed by atoms with E-state index in [1.165, 1.54) is 41.6 Å². The van der Waals surface area contributed by atoms with Gasteiger partial charge in [-0.2, -0.15) is 0 Å². The number of nitro benzene ring substituents is 1. The number of nitro groups is 1. The molecule has 1 aromatic carbocycles. The van der Waals surface area contributed by atoms with Crippen molar-refractivity contribution in [3.63, 3.8) is 0 Å². The molecule has 1 aliphatic rings. The molecule has 0 aliphatic carbocycles. The number of Topliss-reactive ketones (excluding diaryl/α,β-unsaturated/α-hetero) is 1. The maximum absolute atomic E-state index is 12.8. The summed E-state index contributed by atoms with van der Waals surface area (Å²) in [5.41, 5.74) is 0.382. The summed E-state index contributed by atoms with van der Waals surface area (Å²) in [6.07, 6.45) is 3.03. The number of pyridine rings is 1. The zero-order valence-corrected chi connectivity index (χ0v) is 15.8. The van der Waals surface area contributed by atoms with Gasteiger partial charge in [-0.1, -0.05) is 6.07 Å². The summed E-state index contributed by atoms with van der Waals surface area (Å²) in [6.45, 7) is 0.0539. The first-order valence-corrected chi connectivity index (χ1v) is 9.07. The highest BCUT2D eigenvalue weighted by Crippen LogP contribution is 2.39. The number of ketones is 1. The molecule has 1 saturated heterocycles. The van der Waals surface area contributed by atoms with Crippen LogP contribution in [0.15, 0.2) is 54.4 Å². The molecule has 1 aliphatic heterocycles. The van der Waals surface area contributed by atoms with Crippen molar-refractivity contribution in [3.8, 4) is 0 Å². The van der Waals surface area contributed by atoms with E-state index in [0.29, 0.717) is 5.56 Å². The van der Waals surface area contributed by atoms with Crippen molar-refractivity contribution in [1.82, 2.24) is 9.88 Å². The van der Waals surface area contributed by atoms with Crippen LogP contribution in [0.25, 0.3) is 5.76 Å². The number of benzene rings is 1. The Labute approximate surface area is 171 Å². The minimum Gasteiger partial charge on any atom is -0.507 e. The number of likely N-dealkylation sites (tertiary alicyclic amines) is 1. The summed E-state index contributed by atoms with van der Waals surface area (Å²) in [5, 5.41) is 30.5. The highest BCUT2D eigenvalue weighted by Gasteiger charge is 2.46. The van der Waals surface area contributed by atoms with Crippen LogP contribution in [0.5, 0.6) is 0 Å². The monoisotopic (exact) mass is 413 g/mol. The third-order valence-electron chi connectivity index (χ3n) is 4.60. The average Bonchev–Trinajstić information content (AvgIpc) is 3.01. The Bertz CT molecular complexity index is 974. The fraction of sp³-hybridized carbons (Fsp3) is 0.250. The number of aliphatic hydroxyl groups is 2. The van der Waals surface area contributed by atoms with Gasteiger partial charge in [-0.25, -0.2) is 0 Å². The van der Waals surface area contributed by atoms with Crippen LogP contribution in [-0.2, 0) is 14.3 Å². The molecule has 10 nitrogen and oxygen atoms in total. The van der Waals surface area contributed by atoms with Crippen LogP contribution >= 0.6 is 0 Å². The largest absolute Gasteiger partial charge is 0.507 e. The van der Waals surface area contributed by atoms with Crippen LogP contribution in [0.1, 0.15) is 17.2 Å². The number of amides is 1. The number of carbonyl (C=O) groups excluding carboxylic acids is 2. The lowest BCUT2D eigenvalue weighted by molar-refractivity contribution is -0.384. The van der Waals surface area contributed by atoms with E-state index in [0.717, 1.165) is 0 Å². The fourth-order valence-corrected chi connectivity index (χ4v) is 3.22. The molecule has 0 radical (unpaired) electrons. The Morgan fingerprint density at radius 1 is 1.20 bits per heavy atom. The Hall–Kier alpha value is -3.63. The summed E-state index contributed by atoms with van der Waals surface area (Å²) >= 11 is 0. The van der Waals surface area contributed by atoms with Gasteiger partial charge in [0.2, 0.25) is 0 Å². The van der Waals surface area contributed by atoms with Crippen molar-refractivity contribution in [3.05, 3.63) is 75.6 Å². The molecule has 2 N–H and O–H groups in total. The predicted octanol–water partition coefficient (Wildman–Crippen LogP) is 1.42. The second kappa shape index (κ2) is 9.25. The molecular weight excluding hydrogens is 394 g/mol. The van der Waals surface area contributed by atoms with E-state index in [-0.39, 0.29) is 43.2 Å². The molecule has 30 heavy (non-hydrogen) atoms. The molecule has 10 heteroatoms. The normalized spacial score (nSPS) is 18.0. The highest BCUT2D eigenvalue weighted by atomic mass is 16.6. The summed E-state index contributed by atoms with van der Waals surface area (Å²) in [7, 11) is 0. The van der Waals surface area contributed by atoms with E-state index < -0.39 is 28.4 Å². The lowest BCUT2D eigenvalue weighted by atomic mass is 9.96. The van der Waals surface area contributed by atoms with Crippen LogP contribution in [0.2, 0.25) is 0 Å². The van der Waals surface area contributed by atoms with Gasteiger partial charge in [0, 0.05) is 36.6 Å². The molecule has 1 atom stereocenters. The lowest BCUT2D eigenvalue weighted by Crippen LogP contribution is -2.33. The van der Waals surface area contributed by atoms with Crippen molar-refractivity contribution in [1.29, 1.82) is 0 Å². The third-order valence-corrected chi connectivity index (χ3v) is 4.60. The van der Waals surface area contributed by atoms with Crippen LogP contribution in [-0.4, -0.2) is 63.1 Å². The molecule has 1 amide bonds. The van der Waals surface area contributed by atoms with E-state index in [4.69, 9.17) is 9.84 Å². The number of non-ortho nitro benzene ring substituents is 1. The highest BCUT2D eigenvalue weighted by molar-refractivity contribution is 6.46. The number of nitrogens with zero attached hydrogens (tertiary/aromatic N) is 3. The number of hydrogen-bond donors (Lipinski definition) is 2. The quantitative estimate of drug-likeness (QED) is 0.165. The summed E-state index contributed by atoms with van der Waals surface area (Å²) in [5.74, 6) is -2.11. The third kappa shape index (κ3) is 4.19. The van der Waals surface area contributed by atoms with Gasteiger partial charge in [0.25, 0.3) is 17.4 Å². The zero-order chi connectivity index (χ0) is 21.7. The minimum atomic E-state index is -0.897. The van der Waals surface area contributed by atoms with E-state index in [2.05, 4.69) is 4.98 Å². The average molecular weight is 413 g/mol. The van der Waals surface area contributed by atoms with E-state index in [1.807, 2.05) is 0 Å². The SMILES string of the molecule is O=C1C(=O)N(CCOCCO)C(c2cccnc2)/C1=C(\O)c1ccc([N+](=O)[O-])cc1. The first-order chi connectivity index (χ1) is 14.5. The van der Waals surface area contributed by atoms with Crippen LogP contribution in [0, 0.1) is 10.1 Å². The minimum absolute atomic E-state index is 0.0567. The Balaban J connectivity index is 2.03. The molecule has 0 bridgehead atoms. The molecule has 156 valence electrons. The standard InChI is InChI=1S/C20H19N3O7/c24-9-11-30-10-8-22-17(14-2-1-7-21-12-14)16(19(26)20(22)27)18(25)13-3-5-15(6-4-13)23(28)29/h1-7,12,17,24-25H,8-11H2/b18-16+. The second-order valence-electron chi connectivity index (χ2n) is 6.42. The lowest BCUT2D eigenvalue weighted by Gasteiger charge is -2.24. The number of rotatable bonds is 8. The van der Waals surface area contributed by atoms with E-state index >= 15 is 0 Å². The molecule has 1 unspecified atom stereocenters. The summed E-state index contributed by atoms with van der Waals surface area (Å²) in [6, 6.07) is 7.45. The Morgan fingerprint density at radius 3 is 2.53 bits per heavy atom. The van der Waals surface area contributed by atoms with Crippen LogP contribution in [0.4, 0.5) is 5.69 Å². The molecule has 0 saturated carbocycles. The molecule has 1 fully saturated rings. The predicted molar refractivity (Wildman–Crippen MR) is 104 cm³/mol. The topological polar surface area (TPSA) is 143 Å².